The summed E-state index contributed by atoms with van der Waals surface area (Å²) in [5, 5.41) is 21.1. The minimum Gasteiger partial charge on any atom is -0.480 e. The molecule has 1 aromatic carbocycles. The summed E-state index contributed by atoms with van der Waals surface area (Å²) in [4.78, 5) is 89.1. The maximum Gasteiger partial charge on any atom is 0.257 e. The number of nitrogens with zero attached hydrogens (tertiary/aromatic N) is 3. The van der Waals surface area contributed by atoms with Crippen molar-refractivity contribution in [2.24, 2.45) is 5.92 Å². The summed E-state index contributed by atoms with van der Waals surface area (Å²) in [6, 6.07) is 5.34. The number of aryl methyl sites for hydroxylation is 2. The Balaban J connectivity index is 1.49. The van der Waals surface area contributed by atoms with E-state index >= 15 is 0 Å². The van der Waals surface area contributed by atoms with E-state index < -0.39 is 78.8 Å². The van der Waals surface area contributed by atoms with Crippen molar-refractivity contribution in [1.29, 1.82) is 0 Å². The molecule has 5 N–H and O–H groups in total. The van der Waals surface area contributed by atoms with Gasteiger partial charge in [-0.1, -0.05) is 44.2 Å². The standard InChI is InChI=1S/C36H47N7O8/c1-20(2)13-26-32(47)39-27(14-21-9-6-5-7-10-21)36(50)43-17-23(37-31(46)24-15-22-11-8-12-25(22)41-34(24)51-4)16-29(43)33(48)40-28(19-44)35(49)42(3)18-30(45)38-26/h5-7,9-10,15,20,23,26-29,44H,8,11-14,16-19H2,1-4H3,(H,37,46)(H,38,45)(H,39,47)(H,40,48)/t23-,26-,27-,28-,29-/m0/s1. The van der Waals surface area contributed by atoms with E-state index in [-0.39, 0.29) is 43.2 Å². The summed E-state index contributed by atoms with van der Waals surface area (Å²) < 4.78 is 5.43. The molecule has 2 fully saturated rings. The van der Waals surface area contributed by atoms with Gasteiger partial charge in [-0.3, -0.25) is 28.8 Å². The molecule has 3 heterocycles. The molecule has 0 radical (unpaired) electrons. The fourth-order valence-electron chi connectivity index (χ4n) is 6.95. The van der Waals surface area contributed by atoms with Crippen LogP contribution in [0.3, 0.4) is 0 Å². The zero-order valence-corrected chi connectivity index (χ0v) is 29.4. The fraction of sp³-hybridized carbons (Fsp3) is 0.528. The van der Waals surface area contributed by atoms with Crippen LogP contribution >= 0.6 is 0 Å². The molecule has 5 atom stereocenters. The van der Waals surface area contributed by atoms with Gasteiger partial charge in [0.2, 0.25) is 35.4 Å². The van der Waals surface area contributed by atoms with Gasteiger partial charge in [0.25, 0.3) is 5.91 Å². The molecule has 0 spiro atoms. The number of fused-ring (bicyclic) bond motifs is 2. The first-order chi connectivity index (χ1) is 24.4. The SMILES string of the molecule is COc1nc2c(cc1C(=O)N[C@H]1C[C@H]3C(=O)N[C@@H](CO)C(=O)N(C)CC(=O)N[C@@H](CC(C)C)C(=O)N[C@@H](Cc4ccccc4)C(=O)N3C1)CCC2. The van der Waals surface area contributed by atoms with Gasteiger partial charge in [-0.2, -0.15) is 0 Å². The first kappa shape index (κ1) is 37.2. The lowest BCUT2D eigenvalue weighted by Crippen LogP contribution is -2.58. The second-order valence-corrected chi connectivity index (χ2v) is 13.9. The fourth-order valence-corrected chi connectivity index (χ4v) is 6.95. The Labute approximate surface area is 296 Å². The normalized spacial score (nSPS) is 24.6. The quantitative estimate of drug-likeness (QED) is 0.240. The summed E-state index contributed by atoms with van der Waals surface area (Å²) in [5.74, 6) is -3.60. The number of aromatic nitrogens is 1. The molecule has 0 bridgehead atoms. The highest BCUT2D eigenvalue weighted by Gasteiger charge is 2.44. The number of likely N-dealkylation sites (N-methyl/N-ethyl adjacent to an activating group) is 1. The lowest BCUT2D eigenvalue weighted by molar-refractivity contribution is -0.143. The Morgan fingerprint density at radius 1 is 1.00 bits per heavy atom. The average Bonchev–Trinajstić information content (AvgIpc) is 3.75. The summed E-state index contributed by atoms with van der Waals surface area (Å²) in [6.07, 6.45) is 2.81. The van der Waals surface area contributed by atoms with Crippen LogP contribution in [0.15, 0.2) is 36.4 Å². The van der Waals surface area contributed by atoms with E-state index in [4.69, 9.17) is 4.74 Å². The largest absolute Gasteiger partial charge is 0.480 e. The van der Waals surface area contributed by atoms with Gasteiger partial charge >= 0.3 is 0 Å². The van der Waals surface area contributed by atoms with Gasteiger partial charge in [0.1, 0.15) is 29.7 Å². The van der Waals surface area contributed by atoms with E-state index in [1.54, 1.807) is 18.2 Å². The first-order valence-corrected chi connectivity index (χ1v) is 17.4. The summed E-state index contributed by atoms with van der Waals surface area (Å²) >= 11 is 0. The van der Waals surface area contributed by atoms with Crippen LogP contribution in [0.4, 0.5) is 0 Å². The number of aliphatic hydroxyl groups excluding tert-OH is 1. The minimum absolute atomic E-state index is 0.0156. The smallest absolute Gasteiger partial charge is 0.257 e. The average molecular weight is 706 g/mol. The third kappa shape index (κ3) is 8.82. The number of benzene rings is 1. The van der Waals surface area contributed by atoms with E-state index in [2.05, 4.69) is 26.3 Å². The zero-order valence-electron chi connectivity index (χ0n) is 29.4. The van der Waals surface area contributed by atoms with Crippen LogP contribution in [-0.2, 0) is 43.2 Å². The number of hydrogen-bond donors (Lipinski definition) is 5. The Morgan fingerprint density at radius 3 is 2.41 bits per heavy atom. The molecular weight excluding hydrogens is 658 g/mol. The highest BCUT2D eigenvalue weighted by Crippen LogP contribution is 2.28. The maximum absolute atomic E-state index is 14.5. The molecule has 1 aromatic heterocycles. The van der Waals surface area contributed by atoms with Gasteiger partial charge in [-0.05, 0) is 55.2 Å². The number of carbonyl (C=O) groups is 6. The molecule has 1 aliphatic carbocycles. The molecule has 2 aromatic rings. The van der Waals surface area contributed by atoms with Gasteiger partial charge in [0.15, 0.2) is 0 Å². The predicted molar refractivity (Wildman–Crippen MR) is 184 cm³/mol. The third-order valence-electron chi connectivity index (χ3n) is 9.49. The lowest BCUT2D eigenvalue weighted by Gasteiger charge is -2.30. The van der Waals surface area contributed by atoms with Crippen LogP contribution in [0.25, 0.3) is 0 Å². The Morgan fingerprint density at radius 2 is 1.73 bits per heavy atom. The lowest BCUT2D eigenvalue weighted by atomic mass is 10.0. The number of amides is 6. The molecule has 274 valence electrons. The van der Waals surface area contributed by atoms with Crippen molar-refractivity contribution in [2.75, 3.05) is 33.9 Å². The molecule has 2 saturated heterocycles. The highest BCUT2D eigenvalue weighted by atomic mass is 16.5. The Kier molecular flexibility index (Phi) is 11.9. The van der Waals surface area contributed by atoms with Gasteiger partial charge in [-0.15, -0.1) is 0 Å². The van der Waals surface area contributed by atoms with Crippen LogP contribution in [0, 0.1) is 5.92 Å². The third-order valence-corrected chi connectivity index (χ3v) is 9.49. The molecule has 6 amide bonds. The summed E-state index contributed by atoms with van der Waals surface area (Å²) in [5.41, 5.74) is 2.83. The molecule has 51 heavy (non-hydrogen) atoms. The van der Waals surface area contributed by atoms with Crippen LogP contribution < -0.4 is 26.0 Å². The summed E-state index contributed by atoms with van der Waals surface area (Å²) in [7, 11) is 2.78. The number of rotatable bonds is 8. The Bertz CT molecular complexity index is 1650. The van der Waals surface area contributed by atoms with Crippen molar-refractivity contribution >= 4 is 35.4 Å². The number of carbonyl (C=O) groups excluding carboxylic acids is 6. The minimum atomic E-state index is -1.42. The van der Waals surface area contributed by atoms with Crippen LogP contribution in [-0.4, -0.2) is 119 Å². The second-order valence-electron chi connectivity index (χ2n) is 13.9. The molecule has 3 aliphatic rings. The second kappa shape index (κ2) is 16.3. The number of nitrogens with one attached hydrogen (secondary N) is 4. The van der Waals surface area contributed by atoms with E-state index in [1.807, 2.05) is 32.0 Å². The number of ether oxygens (including phenoxy) is 1. The van der Waals surface area contributed by atoms with Crippen LogP contribution in [0.5, 0.6) is 5.88 Å². The van der Waals surface area contributed by atoms with Crippen molar-refractivity contribution in [2.45, 2.75) is 82.6 Å². The van der Waals surface area contributed by atoms with E-state index in [0.29, 0.717) is 0 Å². The summed E-state index contributed by atoms with van der Waals surface area (Å²) in [6.45, 7) is 2.48. The van der Waals surface area contributed by atoms with Crippen LogP contribution in [0.1, 0.15) is 60.3 Å². The first-order valence-electron chi connectivity index (χ1n) is 17.4. The molecule has 15 nitrogen and oxygen atoms in total. The highest BCUT2D eigenvalue weighted by molar-refractivity contribution is 5.99. The van der Waals surface area contributed by atoms with Crippen LogP contribution in [0.2, 0.25) is 0 Å². The molecule has 5 rings (SSSR count). The van der Waals surface area contributed by atoms with Crippen molar-refractivity contribution in [1.82, 2.24) is 36.1 Å². The zero-order chi connectivity index (χ0) is 36.8. The number of aliphatic hydroxyl groups is 1. The number of hydrogen-bond acceptors (Lipinski definition) is 9. The Hall–Kier alpha value is -5.05. The molecule has 0 unspecified atom stereocenters. The van der Waals surface area contributed by atoms with Gasteiger partial charge in [0.05, 0.1) is 20.3 Å². The van der Waals surface area contributed by atoms with Crippen molar-refractivity contribution in [3.63, 3.8) is 0 Å². The molecule has 2 aliphatic heterocycles. The monoisotopic (exact) mass is 705 g/mol. The van der Waals surface area contributed by atoms with Crippen molar-refractivity contribution < 1.29 is 38.6 Å². The number of pyridine rings is 1. The van der Waals surface area contributed by atoms with E-state index in [1.165, 1.54) is 19.1 Å². The predicted octanol–water partition coefficient (Wildman–Crippen LogP) is -0.514. The van der Waals surface area contributed by atoms with E-state index in [9.17, 15) is 33.9 Å². The van der Waals surface area contributed by atoms with Crippen molar-refractivity contribution in [3.05, 3.63) is 58.8 Å². The van der Waals surface area contributed by atoms with Gasteiger partial charge in [0, 0.05) is 31.7 Å². The maximum atomic E-state index is 14.5. The molecular formula is C36H47N7O8. The molecule has 0 saturated carbocycles. The van der Waals surface area contributed by atoms with Gasteiger partial charge < -0.3 is 40.9 Å². The molecule has 15 heteroatoms. The topological polar surface area (TPSA) is 199 Å². The number of methoxy groups -OCH3 is 1. The van der Waals surface area contributed by atoms with Gasteiger partial charge in [-0.25, -0.2) is 4.98 Å². The van der Waals surface area contributed by atoms with Crippen molar-refractivity contribution in [3.8, 4) is 5.88 Å². The van der Waals surface area contributed by atoms with E-state index in [0.717, 1.165) is 41.0 Å².